The molecule has 1 saturated carbocycles. The molecule has 1 aliphatic carbocycles. The molecule has 2 heterocycles. The van der Waals surface area contributed by atoms with Gasteiger partial charge in [-0.25, -0.2) is 9.48 Å². The molecule has 3 aromatic rings. The maximum atomic E-state index is 12.7. The molecule has 10 heteroatoms. The quantitative estimate of drug-likeness (QED) is 0.565. The number of ether oxygens (including phenoxy) is 1. The van der Waals surface area contributed by atoms with Gasteiger partial charge in [0.05, 0.1) is 16.4 Å². The Morgan fingerprint density at radius 2 is 2.14 bits per heavy atom. The van der Waals surface area contributed by atoms with E-state index in [4.69, 9.17) is 27.9 Å². The van der Waals surface area contributed by atoms with Crippen molar-refractivity contribution < 1.29 is 9.53 Å². The first-order valence-electron chi connectivity index (χ1n) is 9.10. The van der Waals surface area contributed by atoms with Gasteiger partial charge in [-0.1, -0.05) is 29.3 Å². The maximum Gasteiger partial charge on any atom is 0.346 e. The summed E-state index contributed by atoms with van der Waals surface area (Å²) in [6.45, 7) is 0.361. The summed E-state index contributed by atoms with van der Waals surface area (Å²) in [4.78, 5) is 25.7. The standard InChI is InChI=1S/C19H18Cl2N4O3S/c20-12-3-6-15(14(21)10-12)28-11-17(26)22-7-8-24-19(27)25(13-4-5-13)18(23-24)16-2-1-9-29-16/h1-3,6,9-10,13H,4-5,7-8,11H2,(H,22,26). The van der Waals surface area contributed by atoms with Gasteiger partial charge in [0.1, 0.15) is 5.75 Å². The molecule has 1 N–H and O–H groups in total. The van der Waals surface area contributed by atoms with E-state index in [0.717, 1.165) is 17.7 Å². The first-order chi connectivity index (χ1) is 14.0. The molecule has 152 valence electrons. The fourth-order valence-corrected chi connectivity index (χ4v) is 4.06. The maximum absolute atomic E-state index is 12.7. The van der Waals surface area contributed by atoms with E-state index in [1.54, 1.807) is 34.1 Å². The van der Waals surface area contributed by atoms with Crippen LogP contribution in [-0.2, 0) is 11.3 Å². The third-order valence-electron chi connectivity index (χ3n) is 4.42. The molecular formula is C19H18Cl2N4O3S. The molecule has 4 rings (SSSR count). The summed E-state index contributed by atoms with van der Waals surface area (Å²) in [5.41, 5.74) is -0.144. The van der Waals surface area contributed by atoms with Crippen molar-refractivity contribution in [2.24, 2.45) is 0 Å². The number of benzene rings is 1. The average molecular weight is 453 g/mol. The van der Waals surface area contributed by atoms with Crippen molar-refractivity contribution in [1.82, 2.24) is 19.7 Å². The summed E-state index contributed by atoms with van der Waals surface area (Å²) in [5.74, 6) is 0.759. The predicted molar refractivity (Wildman–Crippen MR) is 113 cm³/mol. The van der Waals surface area contributed by atoms with Crippen LogP contribution < -0.4 is 15.7 Å². The molecule has 0 atom stereocenters. The number of hydrogen-bond donors (Lipinski definition) is 1. The van der Waals surface area contributed by atoms with Crippen molar-refractivity contribution in [3.05, 3.63) is 56.2 Å². The number of thiophene rings is 1. The van der Waals surface area contributed by atoms with Crippen molar-refractivity contribution in [3.63, 3.8) is 0 Å². The van der Waals surface area contributed by atoms with Crippen molar-refractivity contribution in [3.8, 4) is 16.5 Å². The molecule has 2 aromatic heterocycles. The minimum Gasteiger partial charge on any atom is -0.482 e. The van der Waals surface area contributed by atoms with Gasteiger partial charge in [0.2, 0.25) is 0 Å². The van der Waals surface area contributed by atoms with Crippen molar-refractivity contribution in [1.29, 1.82) is 0 Å². The molecule has 0 spiro atoms. The Kier molecular flexibility index (Phi) is 5.94. The number of hydrogen-bond acceptors (Lipinski definition) is 5. The molecule has 1 aliphatic rings. The summed E-state index contributed by atoms with van der Waals surface area (Å²) in [7, 11) is 0. The Morgan fingerprint density at radius 3 is 2.83 bits per heavy atom. The zero-order chi connectivity index (χ0) is 20.4. The average Bonchev–Trinajstić information content (AvgIpc) is 3.26. The Hall–Kier alpha value is -2.29. The second kappa shape index (κ2) is 8.61. The largest absolute Gasteiger partial charge is 0.482 e. The number of nitrogens with one attached hydrogen (secondary N) is 1. The van der Waals surface area contributed by atoms with Crippen molar-refractivity contribution >= 4 is 40.4 Å². The summed E-state index contributed by atoms with van der Waals surface area (Å²) in [6, 6.07) is 8.90. The monoisotopic (exact) mass is 452 g/mol. The second-order valence-corrected chi connectivity index (χ2v) is 8.41. The van der Waals surface area contributed by atoms with Gasteiger partial charge >= 0.3 is 5.69 Å². The van der Waals surface area contributed by atoms with Crippen LogP contribution in [0.3, 0.4) is 0 Å². The fourth-order valence-electron chi connectivity index (χ4n) is 2.89. The lowest BCUT2D eigenvalue weighted by molar-refractivity contribution is -0.123. The lowest BCUT2D eigenvalue weighted by Gasteiger charge is -2.08. The number of carbonyl (C=O) groups excluding carboxylic acids is 1. The van der Waals surface area contributed by atoms with Gasteiger partial charge in [0.25, 0.3) is 5.91 Å². The van der Waals surface area contributed by atoms with Crippen LogP contribution in [0.4, 0.5) is 0 Å². The van der Waals surface area contributed by atoms with E-state index < -0.39 is 0 Å². The Bertz CT molecular complexity index is 1070. The number of aromatic nitrogens is 3. The van der Waals surface area contributed by atoms with E-state index in [0.29, 0.717) is 21.6 Å². The minimum atomic E-state index is -0.316. The van der Waals surface area contributed by atoms with Crippen LogP contribution in [0, 0.1) is 0 Å². The third-order valence-corrected chi connectivity index (χ3v) is 5.82. The molecule has 29 heavy (non-hydrogen) atoms. The Labute approximate surface area is 180 Å². The van der Waals surface area contributed by atoms with Crippen molar-refractivity contribution in [2.45, 2.75) is 25.4 Å². The van der Waals surface area contributed by atoms with E-state index in [2.05, 4.69) is 10.4 Å². The van der Waals surface area contributed by atoms with Gasteiger partial charge in [-0.15, -0.1) is 16.4 Å². The van der Waals surface area contributed by atoms with Crippen LogP contribution in [0.25, 0.3) is 10.7 Å². The van der Waals surface area contributed by atoms with E-state index >= 15 is 0 Å². The van der Waals surface area contributed by atoms with Gasteiger partial charge in [-0.2, -0.15) is 0 Å². The van der Waals surface area contributed by atoms with E-state index in [1.807, 2.05) is 17.5 Å². The minimum absolute atomic E-state index is 0.144. The highest BCUT2D eigenvalue weighted by Gasteiger charge is 2.30. The van der Waals surface area contributed by atoms with Crippen LogP contribution in [0.5, 0.6) is 5.75 Å². The molecular weight excluding hydrogens is 435 g/mol. The van der Waals surface area contributed by atoms with Crippen LogP contribution >= 0.6 is 34.5 Å². The molecule has 1 amide bonds. The van der Waals surface area contributed by atoms with Crippen LogP contribution in [0.1, 0.15) is 18.9 Å². The van der Waals surface area contributed by atoms with Crippen molar-refractivity contribution in [2.75, 3.05) is 13.2 Å². The summed E-state index contributed by atoms with van der Waals surface area (Å²) < 4.78 is 8.57. The molecule has 0 unspecified atom stereocenters. The third kappa shape index (κ3) is 4.66. The Morgan fingerprint density at radius 1 is 1.31 bits per heavy atom. The highest BCUT2D eigenvalue weighted by molar-refractivity contribution is 7.13. The van der Waals surface area contributed by atoms with E-state index in [-0.39, 0.29) is 37.3 Å². The fraction of sp³-hybridized carbons (Fsp3) is 0.316. The van der Waals surface area contributed by atoms with Gasteiger partial charge < -0.3 is 10.1 Å². The van der Waals surface area contributed by atoms with Crippen LogP contribution in [-0.4, -0.2) is 33.4 Å². The lowest BCUT2D eigenvalue weighted by Crippen LogP contribution is -2.34. The highest BCUT2D eigenvalue weighted by atomic mass is 35.5. The topological polar surface area (TPSA) is 78.2 Å². The number of carbonyl (C=O) groups is 1. The van der Waals surface area contributed by atoms with Gasteiger partial charge in [-0.05, 0) is 42.5 Å². The molecule has 0 radical (unpaired) electrons. The van der Waals surface area contributed by atoms with E-state index in [9.17, 15) is 9.59 Å². The normalized spacial score (nSPS) is 13.4. The number of halogens is 2. The zero-order valence-electron chi connectivity index (χ0n) is 15.3. The number of rotatable bonds is 8. The molecule has 0 bridgehead atoms. The highest BCUT2D eigenvalue weighted by Crippen LogP contribution is 2.37. The van der Waals surface area contributed by atoms with Crippen LogP contribution in [0.15, 0.2) is 40.5 Å². The molecule has 1 aromatic carbocycles. The summed E-state index contributed by atoms with van der Waals surface area (Å²) >= 11 is 13.4. The van der Waals surface area contributed by atoms with Crippen LogP contribution in [0.2, 0.25) is 10.0 Å². The number of amides is 1. The van der Waals surface area contributed by atoms with Gasteiger partial charge in [-0.3, -0.25) is 9.36 Å². The first kappa shape index (κ1) is 20.0. The lowest BCUT2D eigenvalue weighted by atomic mass is 10.3. The molecule has 0 saturated heterocycles. The SMILES string of the molecule is O=C(COc1ccc(Cl)cc1Cl)NCCn1nc(-c2cccs2)n(C2CC2)c1=O. The molecule has 1 fully saturated rings. The Balaban J connectivity index is 1.34. The number of nitrogens with zero attached hydrogens (tertiary/aromatic N) is 3. The smallest absolute Gasteiger partial charge is 0.346 e. The first-order valence-corrected chi connectivity index (χ1v) is 10.7. The molecule has 7 nitrogen and oxygen atoms in total. The van der Waals surface area contributed by atoms with Gasteiger partial charge in [0.15, 0.2) is 12.4 Å². The summed E-state index contributed by atoms with van der Waals surface area (Å²) in [6.07, 6.45) is 1.98. The molecule has 0 aliphatic heterocycles. The zero-order valence-corrected chi connectivity index (χ0v) is 17.6. The van der Waals surface area contributed by atoms with Gasteiger partial charge in [0, 0.05) is 17.6 Å². The second-order valence-electron chi connectivity index (χ2n) is 6.62. The predicted octanol–water partition coefficient (Wildman–Crippen LogP) is 3.61. The summed E-state index contributed by atoms with van der Waals surface area (Å²) in [5, 5.41) is 10.0. The van der Waals surface area contributed by atoms with E-state index in [1.165, 1.54) is 4.68 Å².